The molecule has 0 aliphatic carbocycles. The SMILES string of the molecule is CCOC(=O)c1sc(N2C(=O)C(=O)C(=C(O)c3cccc(OCC)c3)C2c2ccc(OCc3ccccc3)cc2)nc1C. The van der Waals surface area contributed by atoms with Gasteiger partial charge in [0.25, 0.3) is 5.78 Å². The van der Waals surface area contributed by atoms with Gasteiger partial charge in [-0.3, -0.25) is 14.5 Å². The lowest BCUT2D eigenvalue weighted by Gasteiger charge is -2.23. The molecule has 1 fully saturated rings. The first-order valence-corrected chi connectivity index (χ1v) is 14.6. The first-order chi connectivity index (χ1) is 20.8. The molecule has 220 valence electrons. The molecule has 1 saturated heterocycles. The average Bonchev–Trinajstić information content (AvgIpc) is 3.53. The van der Waals surface area contributed by atoms with E-state index in [-0.39, 0.29) is 27.9 Å². The average molecular weight is 599 g/mol. The summed E-state index contributed by atoms with van der Waals surface area (Å²) >= 11 is 0.955. The Morgan fingerprint density at radius 1 is 0.930 bits per heavy atom. The Hall–Kier alpha value is -4.96. The molecule has 0 bridgehead atoms. The zero-order valence-electron chi connectivity index (χ0n) is 23.9. The van der Waals surface area contributed by atoms with Gasteiger partial charge < -0.3 is 19.3 Å². The van der Waals surface area contributed by atoms with Crippen molar-refractivity contribution in [1.82, 2.24) is 4.98 Å². The smallest absolute Gasteiger partial charge is 0.350 e. The van der Waals surface area contributed by atoms with Gasteiger partial charge in [0.05, 0.1) is 30.5 Å². The number of ketones is 1. The third kappa shape index (κ3) is 6.14. The van der Waals surface area contributed by atoms with Crippen molar-refractivity contribution >= 4 is 39.9 Å². The van der Waals surface area contributed by atoms with Crippen molar-refractivity contribution in [2.75, 3.05) is 18.1 Å². The highest BCUT2D eigenvalue weighted by Crippen LogP contribution is 2.44. The van der Waals surface area contributed by atoms with Crippen molar-refractivity contribution in [2.45, 2.75) is 33.4 Å². The van der Waals surface area contributed by atoms with Gasteiger partial charge in [0.2, 0.25) is 0 Å². The molecule has 1 aromatic heterocycles. The van der Waals surface area contributed by atoms with Crippen molar-refractivity contribution in [2.24, 2.45) is 0 Å². The largest absolute Gasteiger partial charge is 0.507 e. The number of hydrogen-bond donors (Lipinski definition) is 1. The number of nitrogens with zero attached hydrogens (tertiary/aromatic N) is 2. The molecule has 9 nitrogen and oxygen atoms in total. The van der Waals surface area contributed by atoms with Crippen LogP contribution in [0, 0.1) is 6.92 Å². The van der Waals surface area contributed by atoms with E-state index in [1.807, 2.05) is 37.3 Å². The Labute approximate surface area is 253 Å². The number of benzene rings is 3. The molecule has 0 saturated carbocycles. The quantitative estimate of drug-likeness (QED) is 0.0989. The van der Waals surface area contributed by atoms with Crippen LogP contribution >= 0.6 is 11.3 Å². The van der Waals surface area contributed by atoms with E-state index in [1.54, 1.807) is 62.4 Å². The number of thiazole rings is 1. The van der Waals surface area contributed by atoms with Crippen LogP contribution < -0.4 is 14.4 Å². The molecule has 1 unspecified atom stereocenters. The van der Waals surface area contributed by atoms with Crippen LogP contribution in [0.3, 0.4) is 0 Å². The fourth-order valence-electron chi connectivity index (χ4n) is 4.76. The van der Waals surface area contributed by atoms with Crippen molar-refractivity contribution in [3.05, 3.63) is 112 Å². The number of anilines is 1. The summed E-state index contributed by atoms with van der Waals surface area (Å²) in [5.41, 5.74) is 2.12. The van der Waals surface area contributed by atoms with Crippen LogP contribution in [-0.2, 0) is 20.9 Å². The summed E-state index contributed by atoms with van der Waals surface area (Å²) in [6.07, 6.45) is 0. The van der Waals surface area contributed by atoms with Crippen LogP contribution in [0.15, 0.2) is 84.4 Å². The molecular formula is C33H30N2O7S. The number of amides is 1. The number of rotatable bonds is 10. The Morgan fingerprint density at radius 3 is 2.37 bits per heavy atom. The molecule has 10 heteroatoms. The second kappa shape index (κ2) is 12.9. The van der Waals surface area contributed by atoms with Crippen molar-refractivity contribution in [3.63, 3.8) is 0 Å². The molecule has 1 atom stereocenters. The van der Waals surface area contributed by atoms with E-state index in [4.69, 9.17) is 14.2 Å². The van der Waals surface area contributed by atoms with E-state index in [9.17, 15) is 19.5 Å². The number of aliphatic hydroxyl groups excluding tert-OH is 1. The highest BCUT2D eigenvalue weighted by Gasteiger charge is 2.48. The van der Waals surface area contributed by atoms with Gasteiger partial charge in [-0.2, -0.15) is 0 Å². The summed E-state index contributed by atoms with van der Waals surface area (Å²) in [6.45, 7) is 6.13. The van der Waals surface area contributed by atoms with Gasteiger partial charge in [0, 0.05) is 5.56 Å². The highest BCUT2D eigenvalue weighted by atomic mass is 32.1. The lowest BCUT2D eigenvalue weighted by atomic mass is 9.95. The topological polar surface area (TPSA) is 115 Å². The van der Waals surface area contributed by atoms with Crippen LogP contribution in [0.4, 0.5) is 5.13 Å². The highest BCUT2D eigenvalue weighted by molar-refractivity contribution is 7.17. The number of carbonyl (C=O) groups is 3. The van der Waals surface area contributed by atoms with Gasteiger partial charge in [-0.05, 0) is 56.2 Å². The molecule has 1 N–H and O–H groups in total. The van der Waals surface area contributed by atoms with Gasteiger partial charge in [0.1, 0.15) is 28.7 Å². The maximum atomic E-state index is 13.6. The predicted octanol–water partition coefficient (Wildman–Crippen LogP) is 6.23. The molecular weight excluding hydrogens is 568 g/mol. The fraction of sp³-hybridized carbons (Fsp3) is 0.212. The first kappa shape index (κ1) is 29.5. The maximum absolute atomic E-state index is 13.6. The number of carbonyl (C=O) groups excluding carboxylic acids is 3. The molecule has 1 aliphatic rings. The Morgan fingerprint density at radius 2 is 1.67 bits per heavy atom. The molecule has 43 heavy (non-hydrogen) atoms. The second-order valence-corrected chi connectivity index (χ2v) is 10.6. The number of aliphatic hydroxyl groups is 1. The number of ether oxygens (including phenoxy) is 3. The van der Waals surface area contributed by atoms with E-state index in [2.05, 4.69) is 4.98 Å². The Balaban J connectivity index is 1.58. The molecule has 5 rings (SSSR count). The molecule has 0 spiro atoms. The zero-order chi connectivity index (χ0) is 30.5. The normalized spacial score (nSPS) is 15.9. The second-order valence-electron chi connectivity index (χ2n) is 9.60. The van der Waals surface area contributed by atoms with Gasteiger partial charge in [-0.25, -0.2) is 9.78 Å². The summed E-state index contributed by atoms with van der Waals surface area (Å²) in [5.74, 6) is -1.57. The van der Waals surface area contributed by atoms with E-state index in [0.717, 1.165) is 16.9 Å². The fourth-order valence-corrected chi connectivity index (χ4v) is 5.75. The summed E-state index contributed by atoms with van der Waals surface area (Å²) in [5, 5.41) is 11.6. The third-order valence-corrected chi connectivity index (χ3v) is 7.90. The van der Waals surface area contributed by atoms with Crippen LogP contribution in [0.25, 0.3) is 5.76 Å². The molecule has 2 heterocycles. The predicted molar refractivity (Wildman–Crippen MR) is 162 cm³/mol. The Kier molecular flexibility index (Phi) is 8.87. The zero-order valence-corrected chi connectivity index (χ0v) is 24.7. The van der Waals surface area contributed by atoms with Gasteiger partial charge in [-0.1, -0.05) is 65.9 Å². The summed E-state index contributed by atoms with van der Waals surface area (Å²) in [4.78, 5) is 45.6. The van der Waals surface area contributed by atoms with Crippen molar-refractivity contribution in [3.8, 4) is 11.5 Å². The molecule has 3 aromatic carbocycles. The number of hydrogen-bond acceptors (Lipinski definition) is 9. The van der Waals surface area contributed by atoms with Crippen molar-refractivity contribution in [1.29, 1.82) is 0 Å². The van der Waals surface area contributed by atoms with Gasteiger partial charge >= 0.3 is 11.9 Å². The summed E-state index contributed by atoms with van der Waals surface area (Å²) in [7, 11) is 0. The molecule has 4 aromatic rings. The minimum atomic E-state index is -1.03. The number of esters is 1. The molecule has 1 aliphatic heterocycles. The van der Waals surface area contributed by atoms with Crippen LogP contribution in [0.1, 0.15) is 51.9 Å². The monoisotopic (exact) mass is 598 g/mol. The van der Waals surface area contributed by atoms with E-state index in [1.165, 1.54) is 4.90 Å². The standard InChI is InChI=1S/C33H30N2O7S/c1-4-40-25-13-9-12-23(18-25)28(36)26-27(22-14-16-24(17-15-22)42-19-21-10-7-6-8-11-21)35(31(38)29(26)37)33-34-20(3)30(43-33)32(39)41-5-2/h6-18,27,36H,4-5,19H2,1-3H3. The number of Topliss-reactive ketones (excluding diaryl/α,β-unsaturated/α-hetero) is 1. The first-order valence-electron chi connectivity index (χ1n) is 13.8. The van der Waals surface area contributed by atoms with Crippen LogP contribution in [0.2, 0.25) is 0 Å². The Bertz CT molecular complexity index is 1680. The minimum absolute atomic E-state index is 0.109. The van der Waals surface area contributed by atoms with Crippen LogP contribution in [-0.4, -0.2) is 41.0 Å². The lowest BCUT2D eigenvalue weighted by Crippen LogP contribution is -2.29. The maximum Gasteiger partial charge on any atom is 0.350 e. The molecule has 0 radical (unpaired) electrons. The number of aryl methyl sites for hydroxylation is 1. The third-order valence-electron chi connectivity index (χ3n) is 6.76. The summed E-state index contributed by atoms with van der Waals surface area (Å²) < 4.78 is 16.6. The minimum Gasteiger partial charge on any atom is -0.507 e. The summed E-state index contributed by atoms with van der Waals surface area (Å²) in [6, 6.07) is 22.3. The van der Waals surface area contributed by atoms with E-state index < -0.39 is 23.7 Å². The molecule has 1 amide bonds. The van der Waals surface area contributed by atoms with Crippen LogP contribution in [0.5, 0.6) is 11.5 Å². The van der Waals surface area contributed by atoms with Gasteiger partial charge in [-0.15, -0.1) is 0 Å². The van der Waals surface area contributed by atoms with Crippen molar-refractivity contribution < 1.29 is 33.7 Å². The van der Waals surface area contributed by atoms with E-state index in [0.29, 0.717) is 41.5 Å². The number of aromatic nitrogens is 1. The lowest BCUT2D eigenvalue weighted by molar-refractivity contribution is -0.132. The van der Waals surface area contributed by atoms with Gasteiger partial charge in [0.15, 0.2) is 5.13 Å². The van der Waals surface area contributed by atoms with E-state index >= 15 is 0 Å².